The molecule has 28 heavy (non-hydrogen) atoms. The highest BCUT2D eigenvalue weighted by atomic mass is 32.2. The van der Waals surface area contributed by atoms with Crippen LogP contribution in [-0.2, 0) is 15.6 Å². The van der Waals surface area contributed by atoms with Gasteiger partial charge in [-0.3, -0.25) is 0 Å². The Bertz CT molecular complexity index is 1170. The van der Waals surface area contributed by atoms with E-state index in [-0.39, 0.29) is 16.6 Å². The minimum absolute atomic E-state index is 0.165. The first-order chi connectivity index (χ1) is 13.2. The third-order valence-electron chi connectivity index (χ3n) is 4.50. The third kappa shape index (κ3) is 3.06. The van der Waals surface area contributed by atoms with Crippen molar-refractivity contribution in [2.75, 3.05) is 12.8 Å². The molecule has 146 valence electrons. The van der Waals surface area contributed by atoms with Crippen LogP contribution in [0.5, 0.6) is 0 Å². The van der Waals surface area contributed by atoms with Gasteiger partial charge in [-0.15, -0.1) is 11.3 Å². The SMILES string of the molecule is CN1C(N)=NC(C)(c2sc(-c3cccc(-c4ncno4)c3)cc2F)CS1(=O)=O. The van der Waals surface area contributed by atoms with E-state index in [2.05, 4.69) is 15.1 Å². The summed E-state index contributed by atoms with van der Waals surface area (Å²) < 4.78 is 45.5. The number of sulfonamides is 1. The fourth-order valence-corrected chi connectivity index (χ4v) is 5.70. The summed E-state index contributed by atoms with van der Waals surface area (Å²) in [6.45, 7) is 1.57. The molecule has 1 aromatic carbocycles. The van der Waals surface area contributed by atoms with Gasteiger partial charge in [-0.1, -0.05) is 17.3 Å². The van der Waals surface area contributed by atoms with E-state index >= 15 is 0 Å². The van der Waals surface area contributed by atoms with Gasteiger partial charge in [0, 0.05) is 17.5 Å². The summed E-state index contributed by atoms with van der Waals surface area (Å²) in [5.41, 5.74) is 5.90. The van der Waals surface area contributed by atoms with Crippen molar-refractivity contribution in [1.82, 2.24) is 14.4 Å². The van der Waals surface area contributed by atoms with Crippen LogP contribution < -0.4 is 5.73 Å². The van der Waals surface area contributed by atoms with E-state index in [9.17, 15) is 12.8 Å². The van der Waals surface area contributed by atoms with Crippen molar-refractivity contribution in [3.05, 3.63) is 47.4 Å². The van der Waals surface area contributed by atoms with Crippen LogP contribution in [0.25, 0.3) is 21.9 Å². The Kier molecular flexibility index (Phi) is 4.23. The number of rotatable bonds is 3. The fourth-order valence-electron chi connectivity index (χ4n) is 3.05. The number of hydrogen-bond donors (Lipinski definition) is 1. The summed E-state index contributed by atoms with van der Waals surface area (Å²) in [6.07, 6.45) is 1.30. The van der Waals surface area contributed by atoms with E-state index in [1.54, 1.807) is 25.1 Å². The maximum Gasteiger partial charge on any atom is 0.257 e. The van der Waals surface area contributed by atoms with Gasteiger partial charge in [0.1, 0.15) is 11.4 Å². The average Bonchev–Trinajstić information content (AvgIpc) is 3.29. The summed E-state index contributed by atoms with van der Waals surface area (Å²) >= 11 is 1.14. The second-order valence-corrected chi connectivity index (χ2v) is 9.63. The molecule has 0 amide bonds. The maximum atomic E-state index is 14.8. The Balaban J connectivity index is 1.77. The highest BCUT2D eigenvalue weighted by Crippen LogP contribution is 2.41. The predicted molar refractivity (Wildman–Crippen MR) is 104 cm³/mol. The molecule has 4 rings (SSSR count). The largest absolute Gasteiger partial charge is 0.369 e. The zero-order valence-electron chi connectivity index (χ0n) is 15.0. The molecular formula is C17H16FN5O3S2. The minimum atomic E-state index is -3.68. The molecule has 1 aliphatic rings. The van der Waals surface area contributed by atoms with Gasteiger partial charge in [0.2, 0.25) is 16.0 Å². The van der Waals surface area contributed by atoms with E-state index in [1.165, 1.54) is 19.4 Å². The van der Waals surface area contributed by atoms with Crippen molar-refractivity contribution >= 4 is 27.3 Å². The normalized spacial score (nSPS) is 21.5. The van der Waals surface area contributed by atoms with Crippen LogP contribution in [0.4, 0.5) is 4.39 Å². The second kappa shape index (κ2) is 6.38. The van der Waals surface area contributed by atoms with Crippen LogP contribution in [0.15, 0.2) is 46.2 Å². The summed E-state index contributed by atoms with van der Waals surface area (Å²) in [5.74, 6) is -0.704. The number of halogens is 1. The Morgan fingerprint density at radius 1 is 1.32 bits per heavy atom. The fraction of sp³-hybridized carbons (Fsp3) is 0.235. The number of nitrogens with two attached hydrogens (primary N) is 1. The van der Waals surface area contributed by atoms with Gasteiger partial charge in [-0.2, -0.15) is 4.98 Å². The number of nitrogens with zero attached hydrogens (tertiary/aromatic N) is 4. The van der Waals surface area contributed by atoms with Crippen LogP contribution >= 0.6 is 11.3 Å². The molecule has 3 aromatic rings. The first-order valence-electron chi connectivity index (χ1n) is 8.19. The maximum absolute atomic E-state index is 14.8. The molecule has 0 saturated carbocycles. The first-order valence-corrected chi connectivity index (χ1v) is 10.6. The third-order valence-corrected chi connectivity index (χ3v) is 7.86. The van der Waals surface area contributed by atoms with E-state index in [1.807, 2.05) is 6.07 Å². The molecule has 1 unspecified atom stereocenters. The molecule has 3 heterocycles. The van der Waals surface area contributed by atoms with Crippen LogP contribution in [0, 0.1) is 5.82 Å². The molecule has 1 aliphatic heterocycles. The van der Waals surface area contributed by atoms with Gasteiger partial charge in [-0.25, -0.2) is 22.1 Å². The van der Waals surface area contributed by atoms with E-state index in [4.69, 9.17) is 10.3 Å². The van der Waals surface area contributed by atoms with Gasteiger partial charge in [0.15, 0.2) is 6.33 Å². The summed E-state index contributed by atoms with van der Waals surface area (Å²) in [6, 6.07) is 8.59. The minimum Gasteiger partial charge on any atom is -0.369 e. The van der Waals surface area contributed by atoms with Crippen molar-refractivity contribution < 1.29 is 17.3 Å². The number of benzene rings is 1. The van der Waals surface area contributed by atoms with Gasteiger partial charge in [0.05, 0.1) is 10.6 Å². The van der Waals surface area contributed by atoms with E-state index < -0.39 is 21.4 Å². The topological polar surface area (TPSA) is 115 Å². The molecular weight excluding hydrogens is 405 g/mol. The highest BCUT2D eigenvalue weighted by molar-refractivity contribution is 7.89. The zero-order valence-corrected chi connectivity index (χ0v) is 16.6. The zero-order chi connectivity index (χ0) is 20.1. The van der Waals surface area contributed by atoms with Crippen LogP contribution in [0.1, 0.15) is 11.8 Å². The van der Waals surface area contributed by atoms with Crippen molar-refractivity contribution in [1.29, 1.82) is 0 Å². The van der Waals surface area contributed by atoms with Crippen LogP contribution in [0.2, 0.25) is 0 Å². The molecule has 8 nitrogen and oxygen atoms in total. The summed E-state index contributed by atoms with van der Waals surface area (Å²) in [5, 5.41) is 3.59. The molecule has 1 atom stereocenters. The van der Waals surface area contributed by atoms with Gasteiger partial charge in [0.25, 0.3) is 5.89 Å². The smallest absolute Gasteiger partial charge is 0.257 e. The lowest BCUT2D eigenvalue weighted by Gasteiger charge is -2.33. The van der Waals surface area contributed by atoms with Gasteiger partial charge < -0.3 is 10.3 Å². The molecule has 0 spiro atoms. The lowest BCUT2D eigenvalue weighted by atomic mass is 10.0. The lowest BCUT2D eigenvalue weighted by Crippen LogP contribution is -2.50. The number of hydrogen-bond acceptors (Lipinski definition) is 8. The van der Waals surface area contributed by atoms with Crippen LogP contribution in [0.3, 0.4) is 0 Å². The van der Waals surface area contributed by atoms with E-state index in [0.29, 0.717) is 16.3 Å². The highest BCUT2D eigenvalue weighted by Gasteiger charge is 2.42. The summed E-state index contributed by atoms with van der Waals surface area (Å²) in [7, 11) is -2.36. The average molecular weight is 421 g/mol. The first kappa shape index (κ1) is 18.6. The summed E-state index contributed by atoms with van der Waals surface area (Å²) in [4.78, 5) is 9.11. The molecule has 2 aromatic heterocycles. The Hall–Kier alpha value is -2.79. The molecule has 0 radical (unpaired) electrons. The van der Waals surface area contributed by atoms with E-state index in [0.717, 1.165) is 21.2 Å². The Morgan fingerprint density at radius 3 is 2.75 bits per heavy atom. The molecule has 11 heteroatoms. The molecule has 2 N–H and O–H groups in total. The molecule has 0 bridgehead atoms. The van der Waals surface area contributed by atoms with Crippen molar-refractivity contribution in [2.24, 2.45) is 10.7 Å². The molecule has 0 saturated heterocycles. The molecule has 0 aliphatic carbocycles. The quantitative estimate of drug-likeness (QED) is 0.694. The Morgan fingerprint density at radius 2 is 2.07 bits per heavy atom. The number of aromatic nitrogens is 2. The Labute approximate surface area is 164 Å². The van der Waals surface area contributed by atoms with Gasteiger partial charge in [-0.05, 0) is 30.7 Å². The lowest BCUT2D eigenvalue weighted by molar-refractivity contribution is 0.430. The monoisotopic (exact) mass is 421 g/mol. The molecule has 0 fully saturated rings. The predicted octanol–water partition coefficient (Wildman–Crippen LogP) is 2.41. The number of guanidine groups is 1. The number of thiophene rings is 1. The van der Waals surface area contributed by atoms with Crippen molar-refractivity contribution in [3.8, 4) is 21.9 Å². The van der Waals surface area contributed by atoms with Gasteiger partial charge >= 0.3 is 0 Å². The second-order valence-electron chi connectivity index (χ2n) is 6.58. The van der Waals surface area contributed by atoms with Crippen molar-refractivity contribution in [3.63, 3.8) is 0 Å². The van der Waals surface area contributed by atoms with Crippen molar-refractivity contribution in [2.45, 2.75) is 12.5 Å². The standard InChI is InChI=1S/C17H16FN5O3S2/c1-17(8-28(24,25)23(2)16(19)22-17)14-12(18)7-13(27-14)10-4-3-5-11(6-10)15-20-9-21-26-15/h3-7,9H,8H2,1-2H3,(H2,19,22). The van der Waals surface area contributed by atoms with Crippen LogP contribution in [-0.4, -0.2) is 41.6 Å². The number of aliphatic imine (C=N–C) groups is 1.